The Balaban J connectivity index is 2.01. The van der Waals surface area contributed by atoms with E-state index in [-0.39, 0.29) is 0 Å². The lowest BCUT2D eigenvalue weighted by Gasteiger charge is -2.21. The second kappa shape index (κ2) is 3.87. The summed E-state index contributed by atoms with van der Waals surface area (Å²) in [4.78, 5) is 8.93. The number of hydrogen-bond donors (Lipinski definition) is 1. The summed E-state index contributed by atoms with van der Waals surface area (Å²) < 4.78 is 2.06. The predicted octanol–water partition coefficient (Wildman–Crippen LogP) is 1.85. The highest BCUT2D eigenvalue weighted by Crippen LogP contribution is 2.22. The van der Waals surface area contributed by atoms with E-state index in [4.69, 9.17) is 0 Å². The first-order chi connectivity index (χ1) is 7.84. The summed E-state index contributed by atoms with van der Waals surface area (Å²) in [5.41, 5.74) is 2.14. The lowest BCUT2D eigenvalue weighted by atomic mass is 10.0. The predicted molar refractivity (Wildman–Crippen MR) is 62.3 cm³/mol. The highest BCUT2D eigenvalue weighted by Gasteiger charge is 2.17. The zero-order chi connectivity index (χ0) is 11.0. The molecule has 1 saturated heterocycles. The number of aromatic nitrogens is 3. The Morgan fingerprint density at radius 2 is 2.38 bits per heavy atom. The van der Waals surface area contributed by atoms with Gasteiger partial charge in [0.1, 0.15) is 11.5 Å². The minimum Gasteiger partial charge on any atom is -0.309 e. The van der Waals surface area contributed by atoms with E-state index in [1.165, 1.54) is 19.3 Å². The molecule has 4 heteroatoms. The zero-order valence-corrected chi connectivity index (χ0v) is 9.48. The van der Waals surface area contributed by atoms with Gasteiger partial charge in [-0.2, -0.15) is 0 Å². The summed E-state index contributed by atoms with van der Waals surface area (Å²) in [6.07, 6.45) is 7.69. The molecule has 0 radical (unpaired) electrons. The molecule has 0 aliphatic carbocycles. The van der Waals surface area contributed by atoms with Crippen LogP contribution >= 0.6 is 0 Å². The summed E-state index contributed by atoms with van der Waals surface area (Å²) in [6, 6.07) is 2.38. The normalized spacial score (nSPS) is 21.4. The van der Waals surface area contributed by atoms with E-state index in [2.05, 4.69) is 25.9 Å². The molecule has 84 valence electrons. The van der Waals surface area contributed by atoms with Crippen LogP contribution in [0.4, 0.5) is 0 Å². The summed E-state index contributed by atoms with van der Waals surface area (Å²) in [5, 5.41) is 3.52. The van der Waals surface area contributed by atoms with Gasteiger partial charge in [0.25, 0.3) is 0 Å². The van der Waals surface area contributed by atoms with E-state index in [9.17, 15) is 0 Å². The number of imidazole rings is 1. The Hall–Kier alpha value is -1.42. The van der Waals surface area contributed by atoms with Crippen LogP contribution in [0.5, 0.6) is 0 Å². The van der Waals surface area contributed by atoms with Gasteiger partial charge in [0, 0.05) is 12.4 Å². The van der Waals surface area contributed by atoms with Gasteiger partial charge >= 0.3 is 0 Å². The number of aryl methyl sites for hydroxylation is 1. The molecule has 0 saturated carbocycles. The lowest BCUT2D eigenvalue weighted by molar-refractivity contribution is 0.406. The van der Waals surface area contributed by atoms with Crippen LogP contribution in [0.2, 0.25) is 0 Å². The average molecular weight is 216 g/mol. The van der Waals surface area contributed by atoms with Gasteiger partial charge in [-0.25, -0.2) is 9.97 Å². The van der Waals surface area contributed by atoms with Crippen molar-refractivity contribution in [2.45, 2.75) is 32.2 Å². The number of rotatable bonds is 1. The number of nitrogens with one attached hydrogen (secondary N) is 1. The molecular weight excluding hydrogens is 200 g/mol. The second-order valence-electron chi connectivity index (χ2n) is 4.39. The molecule has 16 heavy (non-hydrogen) atoms. The van der Waals surface area contributed by atoms with Gasteiger partial charge in [0.2, 0.25) is 0 Å². The highest BCUT2D eigenvalue weighted by molar-refractivity contribution is 5.40. The quantitative estimate of drug-likeness (QED) is 0.791. The molecule has 3 rings (SSSR count). The van der Waals surface area contributed by atoms with E-state index in [0.717, 1.165) is 23.7 Å². The lowest BCUT2D eigenvalue weighted by Crippen LogP contribution is -2.26. The fraction of sp³-hybridized carbons (Fsp3) is 0.500. The molecule has 1 unspecified atom stereocenters. The Kier molecular flexibility index (Phi) is 2.36. The first-order valence-corrected chi connectivity index (χ1v) is 5.88. The number of nitrogens with zero attached hydrogens (tertiary/aromatic N) is 3. The van der Waals surface area contributed by atoms with Gasteiger partial charge < -0.3 is 5.32 Å². The maximum atomic E-state index is 4.66. The summed E-state index contributed by atoms with van der Waals surface area (Å²) in [6.45, 7) is 3.11. The van der Waals surface area contributed by atoms with Gasteiger partial charge in [-0.3, -0.25) is 4.40 Å². The number of hydrogen-bond acceptors (Lipinski definition) is 3. The molecule has 1 atom stereocenters. The van der Waals surface area contributed by atoms with Crippen molar-refractivity contribution in [2.24, 2.45) is 0 Å². The van der Waals surface area contributed by atoms with Crippen LogP contribution in [0.25, 0.3) is 5.65 Å². The molecule has 1 N–H and O–H groups in total. The van der Waals surface area contributed by atoms with Gasteiger partial charge in [0.15, 0.2) is 0 Å². The van der Waals surface area contributed by atoms with Crippen molar-refractivity contribution in [2.75, 3.05) is 6.54 Å². The maximum Gasteiger partial charge on any atom is 0.140 e. The minimum absolute atomic E-state index is 0.424. The van der Waals surface area contributed by atoms with Crippen LogP contribution in [0.15, 0.2) is 18.5 Å². The molecule has 0 amide bonds. The van der Waals surface area contributed by atoms with Gasteiger partial charge in [-0.05, 0) is 32.4 Å². The molecular formula is C12H16N4. The van der Waals surface area contributed by atoms with E-state index in [0.29, 0.717) is 6.04 Å². The fourth-order valence-electron chi connectivity index (χ4n) is 2.34. The molecule has 0 spiro atoms. The average Bonchev–Trinajstić information content (AvgIpc) is 2.76. The molecule has 1 aliphatic rings. The van der Waals surface area contributed by atoms with E-state index in [1.54, 1.807) is 0 Å². The van der Waals surface area contributed by atoms with E-state index in [1.807, 2.05) is 19.2 Å². The second-order valence-corrected chi connectivity index (χ2v) is 4.39. The topological polar surface area (TPSA) is 42.2 Å². The first-order valence-electron chi connectivity index (χ1n) is 5.88. The van der Waals surface area contributed by atoms with Crippen LogP contribution < -0.4 is 5.32 Å². The van der Waals surface area contributed by atoms with Crippen LogP contribution in [0.1, 0.15) is 36.8 Å². The number of fused-ring (bicyclic) bond motifs is 1. The summed E-state index contributed by atoms with van der Waals surface area (Å²) in [7, 11) is 0. The molecule has 1 aliphatic heterocycles. The van der Waals surface area contributed by atoms with Crippen LogP contribution in [-0.4, -0.2) is 20.9 Å². The smallest absolute Gasteiger partial charge is 0.140 e. The maximum absolute atomic E-state index is 4.66. The van der Waals surface area contributed by atoms with Crippen molar-refractivity contribution >= 4 is 5.65 Å². The number of piperidine rings is 1. The largest absolute Gasteiger partial charge is 0.309 e. The monoisotopic (exact) mass is 216 g/mol. The van der Waals surface area contributed by atoms with Gasteiger partial charge in [-0.1, -0.05) is 6.42 Å². The van der Waals surface area contributed by atoms with Crippen molar-refractivity contribution < 1.29 is 0 Å². The summed E-state index contributed by atoms with van der Waals surface area (Å²) >= 11 is 0. The van der Waals surface area contributed by atoms with Crippen molar-refractivity contribution in [3.05, 3.63) is 30.0 Å². The molecule has 0 aromatic carbocycles. The standard InChI is InChI=1S/C12H16N4/c1-9-13-7-5-12-15-11(8-16(9)12)10-4-2-3-6-14-10/h5,7-8,10,14H,2-4,6H2,1H3. The van der Waals surface area contributed by atoms with Crippen molar-refractivity contribution in [1.82, 2.24) is 19.7 Å². The van der Waals surface area contributed by atoms with Crippen LogP contribution in [-0.2, 0) is 0 Å². The molecule has 2 aromatic rings. The molecule has 0 bridgehead atoms. The Bertz CT molecular complexity index is 497. The Morgan fingerprint density at radius 1 is 1.44 bits per heavy atom. The molecule has 4 nitrogen and oxygen atoms in total. The van der Waals surface area contributed by atoms with Gasteiger partial charge in [0.05, 0.1) is 11.7 Å². The van der Waals surface area contributed by atoms with Crippen LogP contribution in [0, 0.1) is 6.92 Å². The summed E-state index contributed by atoms with van der Waals surface area (Å²) in [5.74, 6) is 0.993. The van der Waals surface area contributed by atoms with E-state index < -0.39 is 0 Å². The Morgan fingerprint density at radius 3 is 3.12 bits per heavy atom. The van der Waals surface area contributed by atoms with Crippen molar-refractivity contribution in [3.8, 4) is 0 Å². The molecule has 1 fully saturated rings. The third-order valence-electron chi connectivity index (χ3n) is 3.25. The zero-order valence-electron chi connectivity index (χ0n) is 9.48. The third kappa shape index (κ3) is 1.59. The third-order valence-corrected chi connectivity index (χ3v) is 3.25. The van der Waals surface area contributed by atoms with Gasteiger partial charge in [-0.15, -0.1) is 0 Å². The Labute approximate surface area is 94.7 Å². The minimum atomic E-state index is 0.424. The SMILES string of the molecule is Cc1nccc2nc(C3CCCCN3)cn12. The first kappa shape index (κ1) is 9.78. The highest BCUT2D eigenvalue weighted by atomic mass is 15.1. The van der Waals surface area contributed by atoms with Crippen LogP contribution in [0.3, 0.4) is 0 Å². The molecule has 3 heterocycles. The van der Waals surface area contributed by atoms with E-state index >= 15 is 0 Å². The van der Waals surface area contributed by atoms with Crippen molar-refractivity contribution in [3.63, 3.8) is 0 Å². The fourth-order valence-corrected chi connectivity index (χ4v) is 2.34. The molecule has 2 aromatic heterocycles. The van der Waals surface area contributed by atoms with Crippen molar-refractivity contribution in [1.29, 1.82) is 0 Å².